The molecule has 3 atom stereocenters. The van der Waals surface area contributed by atoms with Gasteiger partial charge >= 0.3 is 11.9 Å². The molecule has 1 aliphatic rings. The van der Waals surface area contributed by atoms with Gasteiger partial charge in [0.15, 0.2) is 11.7 Å². The molecule has 350 valence electrons. The summed E-state index contributed by atoms with van der Waals surface area (Å²) in [4.78, 5) is 68.1. The number of benzene rings is 4. The average molecular weight is 933 g/mol. The van der Waals surface area contributed by atoms with Crippen LogP contribution in [0, 0.1) is 10.8 Å². The molecule has 5 rings (SSSR count). The summed E-state index contributed by atoms with van der Waals surface area (Å²) in [6.07, 6.45) is 1.12. The third kappa shape index (κ3) is 18.9. The number of nitrogens with one attached hydrogen (secondary N) is 2. The van der Waals surface area contributed by atoms with Gasteiger partial charge in [0, 0.05) is 13.5 Å². The predicted octanol–water partition coefficient (Wildman–Crippen LogP) is 8.31. The Hall–Kier alpha value is -6.00. The summed E-state index contributed by atoms with van der Waals surface area (Å²) in [5.41, 5.74) is 3.26. The van der Waals surface area contributed by atoms with Gasteiger partial charge in [-0.1, -0.05) is 72.1 Å². The van der Waals surface area contributed by atoms with Crippen molar-refractivity contribution in [1.82, 2.24) is 10.6 Å². The first kappa shape index (κ1) is 53.3. The monoisotopic (exact) mass is 932 g/mol. The van der Waals surface area contributed by atoms with Crippen LogP contribution in [0.5, 0.6) is 23.0 Å². The average Bonchev–Trinajstić information content (AvgIpc) is 3.60. The third-order valence-electron chi connectivity index (χ3n) is 9.38. The molecule has 65 heavy (non-hydrogen) atoms. The van der Waals surface area contributed by atoms with Crippen molar-refractivity contribution in [3.05, 3.63) is 119 Å². The maximum absolute atomic E-state index is 12.5. The van der Waals surface area contributed by atoms with E-state index < -0.39 is 28.2 Å². The van der Waals surface area contributed by atoms with Crippen molar-refractivity contribution in [3.63, 3.8) is 0 Å². The normalized spacial score (nSPS) is 14.1. The Morgan fingerprint density at radius 1 is 0.785 bits per heavy atom. The van der Waals surface area contributed by atoms with Crippen molar-refractivity contribution < 1.29 is 57.6 Å². The lowest BCUT2D eigenvalue weighted by atomic mass is 9.97. The van der Waals surface area contributed by atoms with E-state index in [9.17, 15) is 28.8 Å². The largest absolute Gasteiger partial charge is 0.497 e. The number of rotatable bonds is 18. The molecule has 3 unspecified atom stereocenters. The number of thioether (sulfide) groups is 2. The minimum absolute atomic E-state index is 0.121. The number of imide groups is 1. The summed E-state index contributed by atoms with van der Waals surface area (Å²) < 4.78 is 28.0. The van der Waals surface area contributed by atoms with Gasteiger partial charge in [-0.25, -0.2) is 0 Å². The molecule has 0 aromatic heterocycles. The Kier molecular flexibility index (Phi) is 21.4. The zero-order valence-electron chi connectivity index (χ0n) is 38.3. The molecule has 1 saturated heterocycles. The number of carboxylic acid groups (broad SMARTS) is 1. The number of ether oxygens (including phenoxy) is 5. The number of esters is 1. The summed E-state index contributed by atoms with van der Waals surface area (Å²) in [5.74, 6) is 1.38. The second-order valence-electron chi connectivity index (χ2n) is 16.7. The van der Waals surface area contributed by atoms with E-state index in [1.165, 1.54) is 0 Å². The van der Waals surface area contributed by atoms with Crippen molar-refractivity contribution in [2.75, 3.05) is 34.5 Å². The lowest BCUT2D eigenvalue weighted by molar-refractivity contribution is -0.160. The maximum Gasteiger partial charge on any atom is 0.311 e. The second-order valence-corrected chi connectivity index (χ2v) is 18.9. The predicted molar refractivity (Wildman–Crippen MR) is 253 cm³/mol. The summed E-state index contributed by atoms with van der Waals surface area (Å²) in [5, 5.41) is 12.0. The molecular weight excluding hydrogens is 873 g/mol. The highest BCUT2D eigenvalue weighted by atomic mass is 32.2. The number of amides is 3. The Labute approximate surface area is 389 Å². The van der Waals surface area contributed by atoms with Crippen LogP contribution >= 0.6 is 23.5 Å². The number of methoxy groups -OCH3 is 2. The molecule has 4 aromatic carbocycles. The smallest absolute Gasteiger partial charge is 0.311 e. The van der Waals surface area contributed by atoms with Gasteiger partial charge in [-0.2, -0.15) is 0 Å². The van der Waals surface area contributed by atoms with Gasteiger partial charge < -0.3 is 34.1 Å². The Balaban J connectivity index is 0.000000308. The molecule has 0 bridgehead atoms. The Morgan fingerprint density at radius 3 is 1.88 bits per heavy atom. The molecule has 16 heteroatoms. The van der Waals surface area contributed by atoms with Gasteiger partial charge in [0.2, 0.25) is 11.8 Å². The van der Waals surface area contributed by atoms with Gasteiger partial charge in [0.25, 0.3) is 5.24 Å². The number of hydrogen-bond acceptors (Lipinski definition) is 13. The van der Waals surface area contributed by atoms with Crippen LogP contribution in [0.15, 0.2) is 97.1 Å². The van der Waals surface area contributed by atoms with Gasteiger partial charge in [-0.3, -0.25) is 34.1 Å². The molecule has 1 aliphatic heterocycles. The lowest BCUT2D eigenvalue weighted by Gasteiger charge is -2.24. The molecular formula is C49H60N2O12S2. The summed E-state index contributed by atoms with van der Waals surface area (Å²) in [6.45, 7) is 11.1. The van der Waals surface area contributed by atoms with Crippen molar-refractivity contribution in [3.8, 4) is 23.0 Å². The van der Waals surface area contributed by atoms with E-state index in [0.29, 0.717) is 36.6 Å². The first-order valence-corrected chi connectivity index (χ1v) is 22.6. The van der Waals surface area contributed by atoms with E-state index in [2.05, 4.69) is 10.6 Å². The third-order valence-corrected chi connectivity index (χ3v) is 11.2. The number of carbonyl (C=O) groups excluding carboxylic acids is 5. The summed E-state index contributed by atoms with van der Waals surface area (Å²) >= 11 is 1.99. The van der Waals surface area contributed by atoms with E-state index in [4.69, 9.17) is 28.8 Å². The first-order valence-electron chi connectivity index (χ1n) is 20.7. The SMILES string of the molecule is CC(C)(C)C(=O)O.CNC(=O)C(Cc1ccc(OCC(OC(=O)C(C)(C)C)c2cccc(OC)c2)cc1)SC=O.COc1cccc(CCOc2ccc(CC3SC(=O)NC3=O)cc2)c1. The van der Waals surface area contributed by atoms with Crippen LogP contribution in [-0.4, -0.2) is 84.7 Å². The van der Waals surface area contributed by atoms with Crippen LogP contribution in [0.2, 0.25) is 0 Å². The topological polar surface area (TPSA) is 193 Å². The fourth-order valence-electron chi connectivity index (χ4n) is 5.46. The number of hydrogen-bond donors (Lipinski definition) is 3. The fourth-order valence-corrected chi connectivity index (χ4v) is 6.99. The number of aliphatic carboxylic acids is 1. The maximum atomic E-state index is 12.5. The molecule has 14 nitrogen and oxygen atoms in total. The van der Waals surface area contributed by atoms with Crippen LogP contribution in [0.3, 0.4) is 0 Å². The molecule has 0 saturated carbocycles. The Morgan fingerprint density at radius 2 is 1.35 bits per heavy atom. The number of carbonyl (C=O) groups is 6. The molecule has 0 radical (unpaired) electrons. The second kappa shape index (κ2) is 26.1. The molecule has 4 aromatic rings. The highest BCUT2D eigenvalue weighted by Crippen LogP contribution is 2.28. The van der Waals surface area contributed by atoms with Gasteiger partial charge in [-0.05, 0) is 125 Å². The quantitative estimate of drug-likeness (QED) is 0.0637. The van der Waals surface area contributed by atoms with Gasteiger partial charge in [-0.15, -0.1) is 0 Å². The zero-order chi connectivity index (χ0) is 48.2. The van der Waals surface area contributed by atoms with E-state index in [1.807, 2.05) is 84.9 Å². The van der Waals surface area contributed by atoms with Crippen LogP contribution in [0.4, 0.5) is 4.79 Å². The van der Waals surface area contributed by atoms with Crippen LogP contribution in [0.25, 0.3) is 0 Å². The first-order chi connectivity index (χ1) is 30.8. The van der Waals surface area contributed by atoms with Crippen molar-refractivity contribution in [2.45, 2.75) is 77.4 Å². The van der Waals surface area contributed by atoms with Gasteiger partial charge in [0.1, 0.15) is 29.6 Å². The fraction of sp³-hybridized carbons (Fsp3) is 0.388. The van der Waals surface area contributed by atoms with Crippen molar-refractivity contribution in [2.24, 2.45) is 10.8 Å². The molecule has 0 spiro atoms. The van der Waals surface area contributed by atoms with Crippen molar-refractivity contribution in [1.29, 1.82) is 0 Å². The lowest BCUT2D eigenvalue weighted by Crippen LogP contribution is -2.31. The van der Waals surface area contributed by atoms with Crippen LogP contribution in [0.1, 0.15) is 69.9 Å². The Bertz CT molecular complexity index is 2180. The van der Waals surface area contributed by atoms with E-state index in [-0.39, 0.29) is 34.9 Å². The molecule has 0 aliphatic carbocycles. The molecule has 3 N–H and O–H groups in total. The molecule has 1 fully saturated rings. The summed E-state index contributed by atoms with van der Waals surface area (Å²) in [7, 11) is 4.78. The van der Waals surface area contributed by atoms with E-state index >= 15 is 0 Å². The standard InChI is InChI=1S/C25H31NO6S.C19H19NO4S.C5H10O2/c1-25(2,3)24(29)32-21(18-7-6-8-20(14-18)30-5)15-31-19-11-9-17(10-12-19)13-22(33-16-27)23(28)26-4;1-23-16-4-2-3-13(11-16)9-10-24-15-7-5-14(6-8-15)12-17-18(21)20-19(22)25-17;1-5(2,3)4(6)7/h6-12,14,16,21-22H,13,15H2,1-5H3,(H,26,28);2-8,11,17H,9-10,12H2,1H3,(H,20,21,22);1-3H3,(H,6,7). The van der Waals surface area contributed by atoms with Crippen LogP contribution < -0.4 is 29.6 Å². The van der Waals surface area contributed by atoms with Crippen LogP contribution in [-0.2, 0) is 48.0 Å². The van der Waals surface area contributed by atoms with E-state index in [0.717, 1.165) is 63.7 Å². The minimum atomic E-state index is -0.757. The zero-order valence-corrected chi connectivity index (χ0v) is 40.0. The highest BCUT2D eigenvalue weighted by Gasteiger charge is 2.31. The molecule has 3 amide bonds. The minimum Gasteiger partial charge on any atom is -0.497 e. The molecule has 1 heterocycles. The van der Waals surface area contributed by atoms with Crippen molar-refractivity contribution >= 4 is 58.1 Å². The summed E-state index contributed by atoms with van der Waals surface area (Å²) in [6, 6.07) is 30.2. The highest BCUT2D eigenvalue weighted by molar-refractivity contribution is 8.15. The van der Waals surface area contributed by atoms with E-state index in [1.54, 1.807) is 74.9 Å². The number of carboxylic acids is 1. The van der Waals surface area contributed by atoms with Gasteiger partial charge in [0.05, 0.1) is 42.2 Å².